The lowest BCUT2D eigenvalue weighted by Gasteiger charge is -2.12. The topological polar surface area (TPSA) is 142 Å². The number of nitro benzene ring substituents is 1. The maximum absolute atomic E-state index is 12.3. The number of fused-ring (bicyclic) bond motifs is 1. The first kappa shape index (κ1) is 17.5. The lowest BCUT2D eigenvalue weighted by atomic mass is 10.0. The number of aliphatic hydroxyl groups excluding tert-OH is 1. The van der Waals surface area contributed by atoms with E-state index in [0.717, 1.165) is 0 Å². The van der Waals surface area contributed by atoms with E-state index in [2.05, 4.69) is 15.1 Å². The standard InChI is InChI=1S/C16H11ClN4O5/c17-9-3-6-11-12(7-9)19-16(23)14(18-11)13(20-24)15(22)8-1-4-10(5-2-8)21(25)26/h1-7,15,22,24H,(H,19,23)/b20-13-/t15-/m1/s1. The van der Waals surface area contributed by atoms with Gasteiger partial charge in [-0.15, -0.1) is 0 Å². The second-order valence-corrected chi connectivity index (χ2v) is 5.75. The first-order valence-electron chi connectivity index (χ1n) is 7.25. The first-order valence-corrected chi connectivity index (χ1v) is 7.63. The van der Waals surface area contributed by atoms with Crippen LogP contribution in [0, 0.1) is 10.1 Å². The summed E-state index contributed by atoms with van der Waals surface area (Å²) in [6, 6.07) is 9.61. The summed E-state index contributed by atoms with van der Waals surface area (Å²) in [4.78, 5) is 29.1. The molecule has 132 valence electrons. The lowest BCUT2D eigenvalue weighted by Crippen LogP contribution is -2.25. The zero-order chi connectivity index (χ0) is 18.8. The van der Waals surface area contributed by atoms with Crippen molar-refractivity contribution in [3.8, 4) is 0 Å². The molecule has 0 fully saturated rings. The quantitative estimate of drug-likeness (QED) is 0.277. The number of benzene rings is 2. The zero-order valence-corrected chi connectivity index (χ0v) is 13.7. The van der Waals surface area contributed by atoms with Crippen LogP contribution in [0.4, 0.5) is 5.69 Å². The monoisotopic (exact) mass is 374 g/mol. The van der Waals surface area contributed by atoms with Gasteiger partial charge in [0, 0.05) is 17.2 Å². The van der Waals surface area contributed by atoms with Gasteiger partial charge in [-0.05, 0) is 35.9 Å². The molecule has 10 heteroatoms. The SMILES string of the molecule is O=c1[nH]c2cc(Cl)ccc2nc1/C(=N/O)[C@H](O)c1ccc([N+](=O)[O-])cc1. The number of hydrogen-bond acceptors (Lipinski definition) is 7. The van der Waals surface area contributed by atoms with Crippen molar-refractivity contribution in [1.29, 1.82) is 0 Å². The van der Waals surface area contributed by atoms with Crippen LogP contribution in [-0.4, -0.2) is 30.9 Å². The Balaban J connectivity index is 2.04. The van der Waals surface area contributed by atoms with Crippen LogP contribution < -0.4 is 5.56 Å². The largest absolute Gasteiger partial charge is 0.410 e. The Bertz CT molecular complexity index is 1080. The Morgan fingerprint density at radius 3 is 2.58 bits per heavy atom. The molecule has 0 aliphatic carbocycles. The van der Waals surface area contributed by atoms with Crippen LogP contribution in [0.2, 0.25) is 5.02 Å². The van der Waals surface area contributed by atoms with E-state index in [4.69, 9.17) is 11.6 Å². The van der Waals surface area contributed by atoms with Crippen molar-refractivity contribution in [1.82, 2.24) is 9.97 Å². The van der Waals surface area contributed by atoms with Gasteiger partial charge in [0.1, 0.15) is 11.8 Å². The molecule has 0 aliphatic rings. The van der Waals surface area contributed by atoms with Gasteiger partial charge < -0.3 is 15.3 Å². The summed E-state index contributed by atoms with van der Waals surface area (Å²) in [5, 5.41) is 33.8. The maximum Gasteiger partial charge on any atom is 0.276 e. The van der Waals surface area contributed by atoms with Crippen molar-refractivity contribution < 1.29 is 15.2 Å². The fraction of sp³-hybridized carbons (Fsp3) is 0.0625. The van der Waals surface area contributed by atoms with Gasteiger partial charge in [-0.2, -0.15) is 0 Å². The average Bonchev–Trinajstić information content (AvgIpc) is 2.62. The fourth-order valence-corrected chi connectivity index (χ4v) is 2.57. The van der Waals surface area contributed by atoms with Gasteiger partial charge in [-0.3, -0.25) is 14.9 Å². The number of halogens is 1. The summed E-state index contributed by atoms with van der Waals surface area (Å²) in [5.41, 5.74) is -0.573. The highest BCUT2D eigenvalue weighted by atomic mass is 35.5. The van der Waals surface area contributed by atoms with E-state index in [0.29, 0.717) is 16.1 Å². The van der Waals surface area contributed by atoms with E-state index in [9.17, 15) is 25.2 Å². The number of aromatic nitrogens is 2. The Kier molecular flexibility index (Phi) is 4.65. The molecule has 2 aromatic carbocycles. The van der Waals surface area contributed by atoms with Crippen LogP contribution in [0.15, 0.2) is 52.4 Å². The predicted octanol–water partition coefficient (Wildman–Crippen LogP) is 2.40. The first-order chi connectivity index (χ1) is 12.4. The molecule has 3 aromatic rings. The van der Waals surface area contributed by atoms with Crippen LogP contribution in [0.3, 0.4) is 0 Å². The number of oxime groups is 1. The van der Waals surface area contributed by atoms with E-state index in [1.54, 1.807) is 12.1 Å². The molecule has 26 heavy (non-hydrogen) atoms. The second kappa shape index (κ2) is 6.90. The molecule has 9 nitrogen and oxygen atoms in total. The van der Waals surface area contributed by atoms with Gasteiger partial charge in [0.25, 0.3) is 11.2 Å². The van der Waals surface area contributed by atoms with Crippen molar-refractivity contribution in [2.75, 3.05) is 0 Å². The number of aliphatic hydroxyl groups is 1. The van der Waals surface area contributed by atoms with Crippen molar-refractivity contribution in [2.24, 2.45) is 5.16 Å². The molecule has 1 atom stereocenters. The normalized spacial score (nSPS) is 12.9. The molecule has 0 saturated heterocycles. The number of non-ortho nitro benzene ring substituents is 1. The van der Waals surface area contributed by atoms with Crippen molar-refractivity contribution in [2.45, 2.75) is 6.10 Å². The molecule has 0 unspecified atom stereocenters. The highest BCUT2D eigenvalue weighted by Crippen LogP contribution is 2.21. The molecule has 3 N–H and O–H groups in total. The molecule has 0 aliphatic heterocycles. The molecule has 0 radical (unpaired) electrons. The van der Waals surface area contributed by atoms with Crippen LogP contribution in [0.5, 0.6) is 0 Å². The predicted molar refractivity (Wildman–Crippen MR) is 93.8 cm³/mol. The summed E-state index contributed by atoms with van der Waals surface area (Å²) >= 11 is 5.86. The Morgan fingerprint density at radius 1 is 1.27 bits per heavy atom. The third-order valence-corrected chi connectivity index (χ3v) is 3.92. The average molecular weight is 375 g/mol. The van der Waals surface area contributed by atoms with Crippen LogP contribution in [-0.2, 0) is 0 Å². The van der Waals surface area contributed by atoms with E-state index in [1.807, 2.05) is 0 Å². The minimum atomic E-state index is -1.51. The maximum atomic E-state index is 12.3. The van der Waals surface area contributed by atoms with Crippen LogP contribution in [0.25, 0.3) is 11.0 Å². The highest BCUT2D eigenvalue weighted by Gasteiger charge is 2.23. The van der Waals surface area contributed by atoms with Crippen molar-refractivity contribution in [3.63, 3.8) is 0 Å². The molecular formula is C16H11ClN4O5. The van der Waals surface area contributed by atoms with Gasteiger partial charge in [-0.1, -0.05) is 16.8 Å². The van der Waals surface area contributed by atoms with E-state index in [-0.39, 0.29) is 16.9 Å². The second-order valence-electron chi connectivity index (χ2n) is 5.31. The molecule has 3 rings (SSSR count). The minimum absolute atomic E-state index is 0.165. The number of aromatic amines is 1. The smallest absolute Gasteiger partial charge is 0.276 e. The van der Waals surface area contributed by atoms with Gasteiger partial charge >= 0.3 is 0 Å². The van der Waals surface area contributed by atoms with Crippen molar-refractivity contribution >= 4 is 34.0 Å². The third-order valence-electron chi connectivity index (χ3n) is 3.68. The number of nitro groups is 1. The number of nitrogens with one attached hydrogen (secondary N) is 1. The Hall–Kier alpha value is -3.30. The van der Waals surface area contributed by atoms with E-state index >= 15 is 0 Å². The molecule has 0 bridgehead atoms. The summed E-state index contributed by atoms with van der Waals surface area (Å²) in [6.07, 6.45) is -1.51. The molecule has 0 amide bonds. The molecule has 1 heterocycles. The number of H-pyrrole nitrogens is 1. The van der Waals surface area contributed by atoms with Crippen LogP contribution in [0.1, 0.15) is 17.4 Å². The Labute approximate surface area is 150 Å². The zero-order valence-electron chi connectivity index (χ0n) is 13.0. The van der Waals surface area contributed by atoms with Crippen molar-refractivity contribution in [3.05, 3.63) is 79.2 Å². The van der Waals surface area contributed by atoms with E-state index in [1.165, 1.54) is 30.3 Å². The van der Waals surface area contributed by atoms with Gasteiger partial charge in [0.2, 0.25) is 0 Å². The summed E-state index contributed by atoms with van der Waals surface area (Å²) in [5.74, 6) is 0. The molecular weight excluding hydrogens is 364 g/mol. The van der Waals surface area contributed by atoms with Gasteiger partial charge in [-0.25, -0.2) is 4.98 Å². The lowest BCUT2D eigenvalue weighted by molar-refractivity contribution is -0.384. The van der Waals surface area contributed by atoms with Gasteiger partial charge in [0.15, 0.2) is 5.69 Å². The van der Waals surface area contributed by atoms with Crippen LogP contribution >= 0.6 is 11.6 Å². The number of nitrogens with zero attached hydrogens (tertiary/aromatic N) is 3. The number of hydrogen-bond donors (Lipinski definition) is 3. The van der Waals surface area contributed by atoms with E-state index < -0.39 is 22.3 Å². The minimum Gasteiger partial charge on any atom is -0.410 e. The highest BCUT2D eigenvalue weighted by molar-refractivity contribution is 6.31. The fourth-order valence-electron chi connectivity index (χ4n) is 2.40. The Morgan fingerprint density at radius 2 is 1.96 bits per heavy atom. The molecule has 1 aromatic heterocycles. The summed E-state index contributed by atoms with van der Waals surface area (Å²) in [7, 11) is 0. The summed E-state index contributed by atoms with van der Waals surface area (Å²) in [6.45, 7) is 0. The number of rotatable bonds is 4. The third kappa shape index (κ3) is 3.25. The van der Waals surface area contributed by atoms with Gasteiger partial charge in [0.05, 0.1) is 16.0 Å². The molecule has 0 spiro atoms. The molecule has 0 saturated carbocycles. The summed E-state index contributed by atoms with van der Waals surface area (Å²) < 4.78 is 0.